The third-order valence-electron chi connectivity index (χ3n) is 5.67. The summed E-state index contributed by atoms with van der Waals surface area (Å²) < 4.78 is 0. The van der Waals surface area contributed by atoms with Gasteiger partial charge in [0.15, 0.2) is 0 Å². The van der Waals surface area contributed by atoms with Crippen LogP contribution in [0.5, 0.6) is 0 Å². The molecule has 0 heterocycles. The minimum absolute atomic E-state index is 0.559. The molecule has 33 heavy (non-hydrogen) atoms. The summed E-state index contributed by atoms with van der Waals surface area (Å²) in [7, 11) is 0. The fraction of sp³-hybridized carbons (Fsp3) is 0.710. The first kappa shape index (κ1) is 36.0. The molecule has 0 bridgehead atoms. The van der Waals surface area contributed by atoms with Crippen molar-refractivity contribution in [3.63, 3.8) is 0 Å². The van der Waals surface area contributed by atoms with Crippen LogP contribution in [0.15, 0.2) is 36.0 Å². The van der Waals surface area contributed by atoms with E-state index in [9.17, 15) is 0 Å². The zero-order valence-corrected chi connectivity index (χ0v) is 24.1. The standard InChI is InChI=1S/C14H22.C10H18N2.C3H8.2C2H6/c1-4-6-13(7-5-2)14-10-8-12(3)9-11-14;1-8-2-4-9(5-3-8)10(6-11)7-12;1-3-2;2*1-2/h8-11,13H,4-7H2,1-3H3;6-9,11H,2-5,12H2,1H3;3H2,1-2H3;2*1-2H3/b;10-7+,11-6?;;;. The Balaban J connectivity index is -0.000000432. The van der Waals surface area contributed by atoms with Crippen LogP contribution in [0.2, 0.25) is 0 Å². The monoisotopic (exact) mass is 460 g/mol. The van der Waals surface area contributed by atoms with Gasteiger partial charge in [-0.2, -0.15) is 0 Å². The molecule has 1 aliphatic rings. The van der Waals surface area contributed by atoms with Crippen LogP contribution in [0.4, 0.5) is 0 Å². The molecular weight excluding hydrogens is 400 g/mol. The maximum atomic E-state index is 7.17. The van der Waals surface area contributed by atoms with Crippen molar-refractivity contribution in [3.8, 4) is 0 Å². The molecule has 0 atom stereocenters. The molecule has 3 N–H and O–H groups in total. The van der Waals surface area contributed by atoms with Crippen molar-refractivity contribution in [3.05, 3.63) is 47.2 Å². The van der Waals surface area contributed by atoms with Gasteiger partial charge in [-0.05, 0) is 67.7 Å². The molecule has 1 aromatic carbocycles. The molecule has 0 unspecified atom stereocenters. The molecule has 0 aromatic heterocycles. The molecular formula is C31H60N2. The highest BCUT2D eigenvalue weighted by atomic mass is 14.5. The summed E-state index contributed by atoms with van der Waals surface area (Å²) in [4.78, 5) is 0. The number of nitrogens with one attached hydrogen (secondary N) is 1. The molecule has 0 saturated heterocycles. The van der Waals surface area contributed by atoms with Crippen LogP contribution < -0.4 is 5.73 Å². The lowest BCUT2D eigenvalue weighted by atomic mass is 9.80. The first-order chi connectivity index (χ1) is 16.0. The lowest BCUT2D eigenvalue weighted by molar-refractivity contribution is 0.325. The Morgan fingerprint density at radius 1 is 0.909 bits per heavy atom. The second-order valence-electron chi connectivity index (χ2n) is 8.66. The number of nitrogens with two attached hydrogens (primary N) is 1. The van der Waals surface area contributed by atoms with Gasteiger partial charge in [-0.3, -0.25) is 0 Å². The van der Waals surface area contributed by atoms with Crippen LogP contribution in [0, 0.1) is 24.2 Å². The summed E-state index contributed by atoms with van der Waals surface area (Å²) in [6.07, 6.45) is 14.5. The molecule has 0 radical (unpaired) electrons. The minimum atomic E-state index is 0.559. The van der Waals surface area contributed by atoms with E-state index in [1.54, 1.807) is 6.20 Å². The number of benzene rings is 1. The lowest BCUT2D eigenvalue weighted by Crippen LogP contribution is -2.15. The van der Waals surface area contributed by atoms with Crippen LogP contribution in [0.3, 0.4) is 0 Å². The van der Waals surface area contributed by atoms with E-state index in [0.29, 0.717) is 5.92 Å². The molecule has 0 amide bonds. The zero-order chi connectivity index (χ0) is 26.1. The summed E-state index contributed by atoms with van der Waals surface area (Å²) >= 11 is 0. The van der Waals surface area contributed by atoms with Gasteiger partial charge < -0.3 is 11.1 Å². The quantitative estimate of drug-likeness (QED) is 0.390. The van der Waals surface area contributed by atoms with Crippen LogP contribution >= 0.6 is 0 Å². The van der Waals surface area contributed by atoms with Crippen molar-refractivity contribution in [2.75, 3.05) is 0 Å². The second-order valence-corrected chi connectivity index (χ2v) is 8.66. The molecule has 1 saturated carbocycles. The topological polar surface area (TPSA) is 49.9 Å². The smallest absolute Gasteiger partial charge is 0.0227 e. The average molecular weight is 461 g/mol. The van der Waals surface area contributed by atoms with Gasteiger partial charge in [-0.15, -0.1) is 0 Å². The van der Waals surface area contributed by atoms with Crippen molar-refractivity contribution in [1.29, 1.82) is 5.41 Å². The lowest BCUT2D eigenvalue weighted by Gasteiger charge is -2.26. The van der Waals surface area contributed by atoms with Crippen LogP contribution in [-0.4, -0.2) is 6.21 Å². The van der Waals surface area contributed by atoms with Gasteiger partial charge in [-0.25, -0.2) is 0 Å². The van der Waals surface area contributed by atoms with Gasteiger partial charge in [-0.1, -0.05) is 124 Å². The van der Waals surface area contributed by atoms with E-state index >= 15 is 0 Å². The Bertz CT molecular complexity index is 531. The van der Waals surface area contributed by atoms with Gasteiger partial charge in [0.05, 0.1) is 0 Å². The molecule has 2 nitrogen and oxygen atoms in total. The molecule has 0 spiro atoms. The number of hydrogen-bond donors (Lipinski definition) is 2. The fourth-order valence-electron chi connectivity index (χ4n) is 3.91. The summed E-state index contributed by atoms with van der Waals surface area (Å²) in [5.74, 6) is 2.21. The molecule has 1 aromatic rings. The van der Waals surface area contributed by atoms with Crippen molar-refractivity contribution >= 4 is 6.21 Å². The van der Waals surface area contributed by atoms with Crippen molar-refractivity contribution < 1.29 is 0 Å². The van der Waals surface area contributed by atoms with Gasteiger partial charge in [0.2, 0.25) is 0 Å². The maximum Gasteiger partial charge on any atom is 0.0227 e. The summed E-state index contributed by atoms with van der Waals surface area (Å²) in [6.45, 7) is 21.2. The molecule has 1 fully saturated rings. The number of hydrogen-bond acceptors (Lipinski definition) is 2. The largest absolute Gasteiger partial charge is 0.404 e. The van der Waals surface area contributed by atoms with Gasteiger partial charge in [0, 0.05) is 6.21 Å². The molecule has 194 valence electrons. The number of rotatable bonds is 7. The third kappa shape index (κ3) is 18.5. The van der Waals surface area contributed by atoms with Crippen molar-refractivity contribution in [2.45, 2.75) is 133 Å². The highest BCUT2D eigenvalue weighted by molar-refractivity contribution is 5.76. The highest BCUT2D eigenvalue weighted by Crippen LogP contribution is 2.31. The fourth-order valence-corrected chi connectivity index (χ4v) is 3.91. The summed E-state index contributed by atoms with van der Waals surface area (Å²) in [5.41, 5.74) is 9.34. The first-order valence-corrected chi connectivity index (χ1v) is 14.0. The van der Waals surface area contributed by atoms with E-state index < -0.39 is 0 Å². The van der Waals surface area contributed by atoms with E-state index in [2.05, 4.69) is 65.8 Å². The third-order valence-corrected chi connectivity index (χ3v) is 5.67. The minimum Gasteiger partial charge on any atom is -0.404 e. The molecule has 1 aliphatic carbocycles. The first-order valence-electron chi connectivity index (χ1n) is 14.0. The summed E-state index contributed by atoms with van der Waals surface area (Å²) in [6, 6.07) is 9.05. The Morgan fingerprint density at radius 2 is 1.33 bits per heavy atom. The SMILES string of the molecule is CC.CC.CC1CCC(/C(C=N)=C/N)CC1.CCC.CCCC(CCC)c1ccc(C)cc1. The van der Waals surface area contributed by atoms with E-state index in [1.807, 2.05) is 27.7 Å². The van der Waals surface area contributed by atoms with Crippen molar-refractivity contribution in [1.82, 2.24) is 0 Å². The van der Waals surface area contributed by atoms with Gasteiger partial charge in [0.25, 0.3) is 0 Å². The van der Waals surface area contributed by atoms with Gasteiger partial charge >= 0.3 is 0 Å². The van der Waals surface area contributed by atoms with E-state index in [-0.39, 0.29) is 0 Å². The summed E-state index contributed by atoms with van der Waals surface area (Å²) in [5, 5.41) is 7.17. The van der Waals surface area contributed by atoms with Crippen LogP contribution in [0.25, 0.3) is 0 Å². The number of aryl methyl sites for hydroxylation is 1. The van der Waals surface area contributed by atoms with Crippen molar-refractivity contribution in [2.24, 2.45) is 17.6 Å². The highest BCUT2D eigenvalue weighted by Gasteiger charge is 2.19. The van der Waals surface area contributed by atoms with Gasteiger partial charge in [0.1, 0.15) is 0 Å². The second kappa shape index (κ2) is 26.7. The molecule has 2 rings (SSSR count). The maximum absolute atomic E-state index is 7.17. The van der Waals surface area contributed by atoms with E-state index in [4.69, 9.17) is 11.1 Å². The Labute approximate surface area is 209 Å². The average Bonchev–Trinajstić information content (AvgIpc) is 2.85. The van der Waals surface area contributed by atoms with Crippen LogP contribution in [0.1, 0.15) is 137 Å². The normalized spacial score (nSPS) is 17.0. The predicted molar refractivity (Wildman–Crippen MR) is 155 cm³/mol. The predicted octanol–water partition coefficient (Wildman–Crippen LogP) is 10.5. The Morgan fingerprint density at radius 3 is 1.67 bits per heavy atom. The molecule has 2 heteroatoms. The number of allylic oxidation sites excluding steroid dienone is 1. The van der Waals surface area contributed by atoms with E-state index in [0.717, 1.165) is 17.4 Å². The van der Waals surface area contributed by atoms with E-state index in [1.165, 1.54) is 75.1 Å². The Kier molecular flexibility index (Phi) is 29.1. The molecule has 0 aliphatic heterocycles. The van der Waals surface area contributed by atoms with Crippen LogP contribution in [-0.2, 0) is 0 Å². The zero-order valence-electron chi connectivity index (χ0n) is 24.1. The Hall–Kier alpha value is -1.57.